The van der Waals surface area contributed by atoms with Gasteiger partial charge in [0.2, 0.25) is 17.7 Å². The fourth-order valence-electron chi connectivity index (χ4n) is 7.13. The van der Waals surface area contributed by atoms with Gasteiger partial charge in [0, 0.05) is 24.7 Å². The predicted molar refractivity (Wildman–Crippen MR) is 217 cm³/mol. The van der Waals surface area contributed by atoms with Crippen molar-refractivity contribution in [2.45, 2.75) is 135 Å². The summed E-state index contributed by atoms with van der Waals surface area (Å²) in [5.74, 6) is -0.483. The molecule has 4 rings (SSSR count). The molecule has 1 heterocycles. The van der Waals surface area contributed by atoms with Crippen LogP contribution in [0.5, 0.6) is 0 Å². The zero-order valence-corrected chi connectivity index (χ0v) is 33.5. The molecule has 0 saturated heterocycles. The van der Waals surface area contributed by atoms with E-state index in [0.29, 0.717) is 30.7 Å². The molecule has 1 aliphatic rings. The van der Waals surface area contributed by atoms with Gasteiger partial charge in [0.15, 0.2) is 0 Å². The maximum absolute atomic E-state index is 13.5. The Labute approximate surface area is 336 Å². The molecule has 14 nitrogen and oxygen atoms in total. The normalized spacial score (nSPS) is 16.2. The molecule has 0 bridgehead atoms. The second-order valence-corrected chi connectivity index (χ2v) is 15.3. The van der Waals surface area contributed by atoms with Gasteiger partial charge in [0.25, 0.3) is 0 Å². The molecule has 1 saturated carbocycles. The van der Waals surface area contributed by atoms with Crippen LogP contribution in [-0.2, 0) is 38.7 Å². The van der Waals surface area contributed by atoms with E-state index in [2.05, 4.69) is 31.2 Å². The van der Waals surface area contributed by atoms with E-state index in [0.717, 1.165) is 43.2 Å². The third-order valence-corrected chi connectivity index (χ3v) is 10.7. The van der Waals surface area contributed by atoms with E-state index in [9.17, 15) is 29.4 Å². The van der Waals surface area contributed by atoms with Crippen LogP contribution in [0.2, 0.25) is 0 Å². The zero-order valence-electron chi connectivity index (χ0n) is 33.5. The van der Waals surface area contributed by atoms with E-state index in [1.54, 1.807) is 13.1 Å². The lowest BCUT2D eigenvalue weighted by Crippen LogP contribution is -2.52. The summed E-state index contributed by atoms with van der Waals surface area (Å²) >= 11 is 0. The first-order chi connectivity index (χ1) is 27.4. The highest BCUT2D eigenvalue weighted by molar-refractivity contribution is 5.88. The second kappa shape index (κ2) is 23.2. The smallest absolute Gasteiger partial charge is 0.407 e. The molecule has 2 aromatic carbocycles. The average molecular weight is 788 g/mol. The summed E-state index contributed by atoms with van der Waals surface area (Å²) in [6.45, 7) is 5.65. The highest BCUT2D eigenvalue weighted by Gasteiger charge is 2.31. The van der Waals surface area contributed by atoms with E-state index in [-0.39, 0.29) is 50.1 Å². The summed E-state index contributed by atoms with van der Waals surface area (Å²) in [6.07, 6.45) is 4.76. The van der Waals surface area contributed by atoms with Gasteiger partial charge in [-0.05, 0) is 49.1 Å². The number of carbonyl (C=O) groups excluding carboxylic acids is 4. The fourth-order valence-corrected chi connectivity index (χ4v) is 7.13. The topological polar surface area (TPSA) is 218 Å². The van der Waals surface area contributed by atoms with Gasteiger partial charge in [-0.2, -0.15) is 0 Å². The first-order valence-electron chi connectivity index (χ1n) is 20.2. The molecule has 0 aliphatic heterocycles. The van der Waals surface area contributed by atoms with E-state index >= 15 is 0 Å². The predicted octanol–water partition coefficient (Wildman–Crippen LogP) is 4.40. The number of aromatic nitrogens is 2. The molecule has 0 radical (unpaired) electrons. The molecule has 4 amide bonds. The van der Waals surface area contributed by atoms with E-state index in [1.807, 2.05) is 74.5 Å². The lowest BCUT2D eigenvalue weighted by Gasteiger charge is -2.31. The van der Waals surface area contributed by atoms with Gasteiger partial charge in [-0.25, -0.2) is 14.8 Å². The third-order valence-electron chi connectivity index (χ3n) is 10.7. The van der Waals surface area contributed by atoms with Crippen LogP contribution in [0.1, 0.15) is 101 Å². The highest BCUT2D eigenvalue weighted by Crippen LogP contribution is 2.28. The van der Waals surface area contributed by atoms with Crippen LogP contribution in [0.15, 0.2) is 66.9 Å². The number of aliphatic hydroxyl groups excluding tert-OH is 2. The van der Waals surface area contributed by atoms with E-state index in [1.165, 1.54) is 0 Å². The van der Waals surface area contributed by atoms with Crippen molar-refractivity contribution in [1.29, 1.82) is 0 Å². The van der Waals surface area contributed by atoms with E-state index in [4.69, 9.17) is 10.5 Å². The van der Waals surface area contributed by atoms with Crippen molar-refractivity contribution in [1.82, 2.24) is 31.2 Å². The number of hydrogen-bond acceptors (Lipinski definition) is 10. The monoisotopic (exact) mass is 787 g/mol. The van der Waals surface area contributed by atoms with Gasteiger partial charge in [0.05, 0.1) is 30.7 Å². The number of amides is 4. The molecule has 57 heavy (non-hydrogen) atoms. The van der Waals surface area contributed by atoms with Crippen LogP contribution in [0.25, 0.3) is 0 Å². The molecule has 14 heteroatoms. The standard InChI is InChI=1S/C43H61N7O7/c1-4-28(2)40(42(55)46-26-33-25-45-29(3)47-41(33)44)50-39(54)24-37(52)35(23-31-16-10-6-11-17-31)48-38(53)21-20-36(51)34(22-30-14-8-5-9-15-30)49-43(56)57-27-32-18-12-7-13-19-32/h5,7-9,12-15,18-19,25,28,31,34-37,40,51-52H,4,6,10-11,16-17,20-24,26-27H2,1-3H3,(H,46,55)(H,48,53)(H,49,56)(H,50,54)(H2,44,45,47)/t28-,34-,35-,36-,37-,40-/m0/s1. The van der Waals surface area contributed by atoms with Crippen LogP contribution in [-0.4, -0.2) is 74.3 Å². The molecule has 6 atom stereocenters. The number of benzene rings is 2. The molecule has 0 unspecified atom stereocenters. The number of carbonyl (C=O) groups is 4. The quantitative estimate of drug-likeness (QED) is 0.0808. The molecule has 310 valence electrons. The summed E-state index contributed by atoms with van der Waals surface area (Å²) in [5, 5.41) is 34.1. The summed E-state index contributed by atoms with van der Waals surface area (Å²) in [5.41, 5.74) is 8.26. The molecule has 1 fully saturated rings. The molecular formula is C43H61N7O7. The van der Waals surface area contributed by atoms with Gasteiger partial charge < -0.3 is 42.0 Å². The average Bonchev–Trinajstić information content (AvgIpc) is 3.21. The maximum Gasteiger partial charge on any atom is 0.407 e. The summed E-state index contributed by atoms with van der Waals surface area (Å²) < 4.78 is 5.42. The number of rotatable bonds is 21. The molecule has 3 aromatic rings. The van der Waals surface area contributed by atoms with Crippen LogP contribution in [0, 0.1) is 18.8 Å². The number of nitrogens with one attached hydrogen (secondary N) is 4. The number of nitrogen functional groups attached to an aromatic ring is 1. The number of alkyl carbamates (subject to hydrolysis) is 1. The largest absolute Gasteiger partial charge is 0.445 e. The Balaban J connectivity index is 1.36. The van der Waals surface area contributed by atoms with Crippen LogP contribution >= 0.6 is 0 Å². The van der Waals surface area contributed by atoms with Gasteiger partial charge in [-0.1, -0.05) is 113 Å². The molecule has 1 aliphatic carbocycles. The van der Waals surface area contributed by atoms with Crippen LogP contribution in [0.4, 0.5) is 10.6 Å². The lowest BCUT2D eigenvalue weighted by atomic mass is 9.83. The minimum absolute atomic E-state index is 0.0289. The summed E-state index contributed by atoms with van der Waals surface area (Å²) in [4.78, 5) is 61.3. The van der Waals surface area contributed by atoms with Crippen molar-refractivity contribution < 1.29 is 34.1 Å². The second-order valence-electron chi connectivity index (χ2n) is 15.3. The number of aliphatic hydroxyl groups is 2. The Kier molecular flexibility index (Phi) is 18.2. The minimum Gasteiger partial charge on any atom is -0.445 e. The summed E-state index contributed by atoms with van der Waals surface area (Å²) in [7, 11) is 0. The first kappa shape index (κ1) is 44.6. The van der Waals surface area contributed by atoms with Crippen LogP contribution in [0.3, 0.4) is 0 Å². The maximum atomic E-state index is 13.5. The van der Waals surface area contributed by atoms with Crippen LogP contribution < -0.4 is 27.0 Å². The lowest BCUT2D eigenvalue weighted by molar-refractivity contribution is -0.132. The first-order valence-corrected chi connectivity index (χ1v) is 20.2. The Morgan fingerprint density at radius 2 is 1.54 bits per heavy atom. The molecular weight excluding hydrogens is 727 g/mol. The minimum atomic E-state index is -1.22. The van der Waals surface area contributed by atoms with Gasteiger partial charge in [-0.15, -0.1) is 0 Å². The van der Waals surface area contributed by atoms with Gasteiger partial charge >= 0.3 is 6.09 Å². The zero-order chi connectivity index (χ0) is 41.2. The van der Waals surface area contributed by atoms with Crippen molar-refractivity contribution in [2.24, 2.45) is 11.8 Å². The number of nitrogens with two attached hydrogens (primary N) is 1. The van der Waals surface area contributed by atoms with Crippen molar-refractivity contribution in [2.75, 3.05) is 5.73 Å². The van der Waals surface area contributed by atoms with E-state index < -0.39 is 54.1 Å². The van der Waals surface area contributed by atoms with Crippen molar-refractivity contribution in [3.8, 4) is 0 Å². The Bertz CT molecular complexity index is 1710. The molecule has 0 spiro atoms. The van der Waals surface area contributed by atoms with Gasteiger partial charge in [-0.3, -0.25) is 14.4 Å². The Morgan fingerprint density at radius 1 is 0.877 bits per heavy atom. The van der Waals surface area contributed by atoms with Crippen molar-refractivity contribution in [3.05, 3.63) is 89.4 Å². The number of anilines is 1. The fraction of sp³-hybridized carbons (Fsp3) is 0.535. The molecule has 8 N–H and O–H groups in total. The van der Waals surface area contributed by atoms with Crippen molar-refractivity contribution >= 4 is 29.6 Å². The number of aryl methyl sites for hydroxylation is 1. The highest BCUT2D eigenvalue weighted by atomic mass is 16.5. The molecule has 1 aromatic heterocycles. The number of hydrogen-bond donors (Lipinski definition) is 7. The summed E-state index contributed by atoms with van der Waals surface area (Å²) in [6, 6.07) is 16.3. The number of ether oxygens (including phenoxy) is 1. The van der Waals surface area contributed by atoms with Crippen molar-refractivity contribution in [3.63, 3.8) is 0 Å². The Morgan fingerprint density at radius 3 is 2.19 bits per heavy atom. The van der Waals surface area contributed by atoms with Gasteiger partial charge in [0.1, 0.15) is 24.3 Å². The SMILES string of the molecule is CC[C@H](C)[C@H](NC(=O)C[C@H](O)[C@H](CC1CCCCC1)NC(=O)CC[C@H](O)[C@H](Cc1ccccc1)NC(=O)OCc1ccccc1)C(=O)NCc1cnc(C)nc1N. The third kappa shape index (κ3) is 15.4. The Hall–Kier alpha value is -5.08. The number of nitrogens with zero attached hydrogens (tertiary/aromatic N) is 2.